The molecular formula is C23H16N4O2. The van der Waals surface area contributed by atoms with E-state index in [1.165, 1.54) is 6.92 Å². The van der Waals surface area contributed by atoms with Gasteiger partial charge in [0.1, 0.15) is 5.52 Å². The number of carbonyl (C=O) groups is 2. The molecule has 140 valence electrons. The molecule has 5 aromatic rings. The lowest BCUT2D eigenvalue weighted by Crippen LogP contribution is -2.11. The summed E-state index contributed by atoms with van der Waals surface area (Å²) in [6.45, 7) is 1.51. The van der Waals surface area contributed by atoms with Gasteiger partial charge in [0, 0.05) is 27.7 Å². The maximum atomic E-state index is 12.7. The number of fused-ring (bicyclic) bond motifs is 4. The second-order valence-electron chi connectivity index (χ2n) is 6.88. The second kappa shape index (κ2) is 6.53. The number of nitrogens with zero attached hydrogens (tertiary/aromatic N) is 2. The van der Waals surface area contributed by atoms with Crippen molar-refractivity contribution >= 4 is 50.5 Å². The molecule has 0 atom stereocenters. The normalized spacial score (nSPS) is 11.2. The zero-order valence-corrected chi connectivity index (χ0v) is 15.6. The smallest absolute Gasteiger partial charge is 0.255 e. The van der Waals surface area contributed by atoms with E-state index in [0.717, 1.165) is 27.5 Å². The highest BCUT2D eigenvalue weighted by Gasteiger charge is 2.13. The van der Waals surface area contributed by atoms with Gasteiger partial charge in [0.2, 0.25) is 0 Å². The standard InChI is InChI=1S/C23H16N4O2/c1-13(28)14-6-9-16(10-7-14)24-23(29)15-8-11-18-17(12-15)21-22(26-18)27-20-5-3-2-4-19(20)25-21/h2-12H,1H3,(H,24,29)(H,26,27). The van der Waals surface area contributed by atoms with Crippen LogP contribution in [0.2, 0.25) is 0 Å². The van der Waals surface area contributed by atoms with Crippen molar-refractivity contribution in [3.8, 4) is 0 Å². The third-order valence-electron chi connectivity index (χ3n) is 4.91. The molecule has 6 heteroatoms. The highest BCUT2D eigenvalue weighted by Crippen LogP contribution is 2.26. The number of ketones is 1. The van der Waals surface area contributed by atoms with Gasteiger partial charge >= 0.3 is 0 Å². The molecule has 0 saturated heterocycles. The van der Waals surface area contributed by atoms with Gasteiger partial charge in [-0.25, -0.2) is 9.97 Å². The molecule has 2 aromatic heterocycles. The lowest BCUT2D eigenvalue weighted by Gasteiger charge is -2.06. The van der Waals surface area contributed by atoms with Gasteiger partial charge < -0.3 is 10.3 Å². The second-order valence-corrected chi connectivity index (χ2v) is 6.88. The zero-order valence-electron chi connectivity index (χ0n) is 15.6. The molecule has 1 amide bonds. The van der Waals surface area contributed by atoms with Crippen LogP contribution in [0.3, 0.4) is 0 Å². The van der Waals surface area contributed by atoms with Crippen LogP contribution in [-0.2, 0) is 0 Å². The van der Waals surface area contributed by atoms with Gasteiger partial charge in [0.05, 0.1) is 11.0 Å². The molecule has 0 radical (unpaired) electrons. The summed E-state index contributed by atoms with van der Waals surface area (Å²) in [5.74, 6) is -0.244. The Hall–Kier alpha value is -4.06. The molecule has 0 aliphatic heterocycles. The number of amides is 1. The fourth-order valence-corrected chi connectivity index (χ4v) is 3.38. The summed E-state index contributed by atoms with van der Waals surface area (Å²) in [4.78, 5) is 36.7. The highest BCUT2D eigenvalue weighted by molar-refractivity contribution is 6.11. The SMILES string of the molecule is CC(=O)c1ccc(NC(=O)c2ccc3[nH]c4nc5ccccc5nc4c3c2)cc1. The van der Waals surface area contributed by atoms with E-state index in [1.54, 1.807) is 30.3 Å². The van der Waals surface area contributed by atoms with Crippen molar-refractivity contribution in [3.63, 3.8) is 0 Å². The first-order valence-electron chi connectivity index (χ1n) is 9.19. The van der Waals surface area contributed by atoms with E-state index in [1.807, 2.05) is 36.4 Å². The monoisotopic (exact) mass is 380 g/mol. The molecule has 29 heavy (non-hydrogen) atoms. The fourth-order valence-electron chi connectivity index (χ4n) is 3.38. The maximum Gasteiger partial charge on any atom is 0.255 e. The van der Waals surface area contributed by atoms with E-state index in [4.69, 9.17) is 4.98 Å². The van der Waals surface area contributed by atoms with Crippen LogP contribution in [0.1, 0.15) is 27.6 Å². The van der Waals surface area contributed by atoms with E-state index in [2.05, 4.69) is 15.3 Å². The average molecular weight is 380 g/mol. The first kappa shape index (κ1) is 17.1. The number of anilines is 1. The molecule has 0 aliphatic carbocycles. The Kier molecular flexibility index (Phi) is 3.84. The Balaban J connectivity index is 1.52. The van der Waals surface area contributed by atoms with Crippen LogP contribution in [0.15, 0.2) is 66.7 Å². The van der Waals surface area contributed by atoms with Crippen LogP contribution >= 0.6 is 0 Å². The third kappa shape index (κ3) is 3.00. The predicted octanol–water partition coefficient (Wildman–Crippen LogP) is 4.72. The molecule has 0 spiro atoms. The van der Waals surface area contributed by atoms with Gasteiger partial charge in [-0.15, -0.1) is 0 Å². The van der Waals surface area contributed by atoms with Crippen molar-refractivity contribution in [2.24, 2.45) is 0 Å². The number of Topliss-reactive ketones (excluding diaryl/α,β-unsaturated/α-hetero) is 1. The number of nitrogens with one attached hydrogen (secondary N) is 2. The summed E-state index contributed by atoms with van der Waals surface area (Å²) in [5.41, 5.74) is 5.68. The minimum absolute atomic E-state index is 0.0127. The lowest BCUT2D eigenvalue weighted by molar-refractivity contribution is 0.101. The number of carbonyl (C=O) groups excluding carboxylic acids is 2. The van der Waals surface area contributed by atoms with Crippen LogP contribution in [0.4, 0.5) is 5.69 Å². The number of hydrogen-bond acceptors (Lipinski definition) is 4. The van der Waals surface area contributed by atoms with E-state index in [9.17, 15) is 9.59 Å². The van der Waals surface area contributed by atoms with Crippen LogP contribution in [0.5, 0.6) is 0 Å². The van der Waals surface area contributed by atoms with Crippen molar-refractivity contribution in [3.05, 3.63) is 77.9 Å². The molecule has 0 aliphatic rings. The molecule has 0 fully saturated rings. The molecule has 0 saturated carbocycles. The predicted molar refractivity (Wildman–Crippen MR) is 113 cm³/mol. The van der Waals surface area contributed by atoms with Crippen LogP contribution in [0.25, 0.3) is 33.1 Å². The Morgan fingerprint density at radius 3 is 2.28 bits per heavy atom. The quantitative estimate of drug-likeness (QED) is 0.443. The number of rotatable bonds is 3. The Bertz CT molecular complexity index is 1420. The maximum absolute atomic E-state index is 12.7. The molecular weight excluding hydrogens is 364 g/mol. The van der Waals surface area contributed by atoms with Gasteiger partial charge in [0.25, 0.3) is 5.91 Å². The third-order valence-corrected chi connectivity index (χ3v) is 4.91. The minimum Gasteiger partial charge on any atom is -0.338 e. The van der Waals surface area contributed by atoms with Gasteiger partial charge in [-0.3, -0.25) is 9.59 Å². The van der Waals surface area contributed by atoms with Crippen LogP contribution in [0, 0.1) is 0 Å². The number of benzene rings is 3. The number of H-pyrrole nitrogens is 1. The largest absolute Gasteiger partial charge is 0.338 e. The Morgan fingerprint density at radius 1 is 0.862 bits per heavy atom. The first-order valence-corrected chi connectivity index (χ1v) is 9.19. The van der Waals surface area contributed by atoms with Crippen molar-refractivity contribution < 1.29 is 9.59 Å². The molecule has 2 heterocycles. The topological polar surface area (TPSA) is 87.7 Å². The molecule has 2 N–H and O–H groups in total. The summed E-state index contributed by atoms with van der Waals surface area (Å²) >= 11 is 0. The summed E-state index contributed by atoms with van der Waals surface area (Å²) < 4.78 is 0. The number of hydrogen-bond donors (Lipinski definition) is 2. The highest BCUT2D eigenvalue weighted by atomic mass is 16.1. The van der Waals surface area contributed by atoms with Crippen molar-refractivity contribution in [2.75, 3.05) is 5.32 Å². The first-order chi connectivity index (χ1) is 14.1. The average Bonchev–Trinajstić information content (AvgIpc) is 3.09. The minimum atomic E-state index is -0.231. The van der Waals surface area contributed by atoms with Crippen molar-refractivity contribution in [1.29, 1.82) is 0 Å². The van der Waals surface area contributed by atoms with Crippen molar-refractivity contribution in [2.45, 2.75) is 6.92 Å². The van der Waals surface area contributed by atoms with Gasteiger partial charge in [-0.05, 0) is 61.5 Å². The fraction of sp³-hybridized carbons (Fsp3) is 0.0435. The van der Waals surface area contributed by atoms with Gasteiger partial charge in [0.15, 0.2) is 11.4 Å². The molecule has 0 bridgehead atoms. The Morgan fingerprint density at radius 2 is 1.55 bits per heavy atom. The van der Waals surface area contributed by atoms with Crippen LogP contribution in [-0.4, -0.2) is 26.6 Å². The van der Waals surface area contributed by atoms with Gasteiger partial charge in [-0.1, -0.05) is 12.1 Å². The lowest BCUT2D eigenvalue weighted by atomic mass is 10.1. The summed E-state index contributed by atoms with van der Waals surface area (Å²) in [6.07, 6.45) is 0. The Labute approximate surface area is 165 Å². The summed E-state index contributed by atoms with van der Waals surface area (Å²) in [7, 11) is 0. The molecule has 6 nitrogen and oxygen atoms in total. The number of para-hydroxylation sites is 2. The number of aromatic amines is 1. The van der Waals surface area contributed by atoms with E-state index >= 15 is 0 Å². The molecule has 3 aromatic carbocycles. The van der Waals surface area contributed by atoms with Crippen LogP contribution < -0.4 is 5.32 Å². The van der Waals surface area contributed by atoms with E-state index in [-0.39, 0.29) is 11.7 Å². The summed E-state index contributed by atoms with van der Waals surface area (Å²) in [5, 5.41) is 3.71. The molecule has 5 rings (SSSR count). The van der Waals surface area contributed by atoms with Crippen molar-refractivity contribution in [1.82, 2.24) is 15.0 Å². The summed E-state index contributed by atoms with van der Waals surface area (Å²) in [6, 6.07) is 20.0. The van der Waals surface area contributed by atoms with E-state index in [0.29, 0.717) is 22.5 Å². The van der Waals surface area contributed by atoms with E-state index < -0.39 is 0 Å². The zero-order chi connectivity index (χ0) is 20.0. The van der Waals surface area contributed by atoms with Gasteiger partial charge in [-0.2, -0.15) is 0 Å². The molecule has 0 unspecified atom stereocenters. The number of aromatic nitrogens is 3.